The molecule has 0 saturated carbocycles. The third kappa shape index (κ3) is 9.81. The van der Waals surface area contributed by atoms with Crippen LogP contribution in [0.3, 0.4) is 0 Å². The molecule has 0 bridgehead atoms. The Morgan fingerprint density at radius 2 is 1.04 bits per heavy atom. The molecule has 0 aliphatic rings. The van der Waals surface area contributed by atoms with Gasteiger partial charge in [0.05, 0.1) is 12.0 Å². The Morgan fingerprint density at radius 1 is 0.783 bits per heavy atom. The average molecular weight is 326 g/mol. The van der Waals surface area contributed by atoms with Crippen molar-refractivity contribution in [1.82, 2.24) is 0 Å². The van der Waals surface area contributed by atoms with Gasteiger partial charge in [0, 0.05) is 18.2 Å². The summed E-state index contributed by atoms with van der Waals surface area (Å²) in [7, 11) is 0. The molecule has 0 aliphatic heterocycles. The van der Waals surface area contributed by atoms with Gasteiger partial charge >= 0.3 is 17.9 Å². The van der Waals surface area contributed by atoms with Crippen LogP contribution in [-0.2, 0) is 28.6 Å². The van der Waals surface area contributed by atoms with Crippen molar-refractivity contribution in [1.29, 1.82) is 0 Å². The Balaban J connectivity index is 0. The lowest BCUT2D eigenvalue weighted by atomic mass is 9.92. The van der Waals surface area contributed by atoms with Gasteiger partial charge in [-0.2, -0.15) is 0 Å². The van der Waals surface area contributed by atoms with Crippen molar-refractivity contribution in [2.24, 2.45) is 5.41 Å². The molecule has 0 atom stereocenters. The van der Waals surface area contributed by atoms with E-state index in [9.17, 15) is 19.5 Å². The van der Waals surface area contributed by atoms with Crippen LogP contribution < -0.4 is 0 Å². The molecule has 128 valence electrons. The number of ether oxygens (including phenoxy) is 3. The molecule has 23 heavy (non-hydrogen) atoms. The van der Waals surface area contributed by atoms with Crippen LogP contribution >= 0.6 is 0 Å². The minimum atomic E-state index is -1.28. The summed E-state index contributed by atoms with van der Waals surface area (Å²) in [6.07, 6.45) is 2.81. The molecule has 0 aliphatic carbocycles. The van der Waals surface area contributed by atoms with Crippen LogP contribution in [0, 0.1) is 5.41 Å². The van der Waals surface area contributed by atoms with Crippen molar-refractivity contribution in [3.8, 4) is 0 Å². The Morgan fingerprint density at radius 3 is 1.22 bits per heavy atom. The number of hydrogen-bond acceptors (Lipinski definition) is 7. The second kappa shape index (κ2) is 13.0. The minimum Gasteiger partial charge on any atom is -0.462 e. The zero-order valence-corrected chi connectivity index (χ0v) is 13.0. The molecule has 0 unspecified atom stereocenters. The van der Waals surface area contributed by atoms with Crippen LogP contribution in [0.5, 0.6) is 0 Å². The lowest BCUT2D eigenvalue weighted by Gasteiger charge is -2.29. The lowest BCUT2D eigenvalue weighted by Crippen LogP contribution is -2.42. The zero-order valence-electron chi connectivity index (χ0n) is 13.0. The summed E-state index contributed by atoms with van der Waals surface area (Å²) < 4.78 is 14.5. The van der Waals surface area contributed by atoms with Crippen LogP contribution in [0.15, 0.2) is 51.1 Å². The first kappa shape index (κ1) is 22.6. The molecule has 0 fully saturated rings. The molecule has 0 radical (unpaired) electrons. The van der Waals surface area contributed by atoms with Gasteiger partial charge in [0.25, 0.3) is 0 Å². The van der Waals surface area contributed by atoms with Crippen molar-refractivity contribution in [2.45, 2.75) is 0 Å². The normalized spacial score (nSPS) is 9.43. The lowest BCUT2D eigenvalue weighted by molar-refractivity contribution is -0.159. The second-order valence-electron chi connectivity index (χ2n) is 4.09. The SMILES string of the molecule is C=C.C=CC(=O)OCC(CO)(COC(=O)C=C)COC(=O)C=C. The highest BCUT2D eigenvalue weighted by Gasteiger charge is 2.35. The molecule has 0 heterocycles. The largest absolute Gasteiger partial charge is 0.462 e. The summed E-state index contributed by atoms with van der Waals surface area (Å²) in [4.78, 5) is 33.3. The molecule has 0 saturated heterocycles. The molecule has 0 spiro atoms. The van der Waals surface area contributed by atoms with Crippen LogP contribution in [0.4, 0.5) is 0 Å². The first-order valence-corrected chi connectivity index (χ1v) is 6.41. The summed E-state index contributed by atoms with van der Waals surface area (Å²) in [6, 6.07) is 0. The molecule has 0 aromatic carbocycles. The van der Waals surface area contributed by atoms with E-state index in [2.05, 4.69) is 32.9 Å². The van der Waals surface area contributed by atoms with E-state index in [1.54, 1.807) is 0 Å². The Bertz CT molecular complexity index is 380. The van der Waals surface area contributed by atoms with E-state index >= 15 is 0 Å². The number of hydrogen-bond donors (Lipinski definition) is 1. The van der Waals surface area contributed by atoms with E-state index in [0.29, 0.717) is 0 Å². The predicted octanol–water partition coefficient (Wildman–Crippen LogP) is 0.955. The molecule has 0 rings (SSSR count). The van der Waals surface area contributed by atoms with Crippen molar-refractivity contribution in [2.75, 3.05) is 26.4 Å². The van der Waals surface area contributed by atoms with E-state index in [1.165, 1.54) is 0 Å². The fraction of sp³-hybridized carbons (Fsp3) is 0.312. The number of aliphatic hydroxyl groups is 1. The zero-order chi connectivity index (χ0) is 18.3. The van der Waals surface area contributed by atoms with Gasteiger partial charge in [0.15, 0.2) is 0 Å². The molecular formula is C16H22O7. The molecule has 7 nitrogen and oxygen atoms in total. The Kier molecular flexibility index (Phi) is 12.8. The van der Waals surface area contributed by atoms with Crippen LogP contribution in [0.1, 0.15) is 0 Å². The summed E-state index contributed by atoms with van der Waals surface area (Å²) >= 11 is 0. The highest BCUT2D eigenvalue weighted by Crippen LogP contribution is 2.19. The molecule has 0 amide bonds. The first-order chi connectivity index (χ1) is 10.9. The summed E-state index contributed by atoms with van der Waals surface area (Å²) in [6.45, 7) is 14.1. The molecule has 0 aromatic heterocycles. The van der Waals surface area contributed by atoms with E-state index in [1.807, 2.05) is 0 Å². The van der Waals surface area contributed by atoms with Crippen LogP contribution in [-0.4, -0.2) is 49.4 Å². The third-order valence-electron chi connectivity index (χ3n) is 2.40. The van der Waals surface area contributed by atoms with Crippen LogP contribution in [0.25, 0.3) is 0 Å². The maximum Gasteiger partial charge on any atom is 0.330 e. The van der Waals surface area contributed by atoms with Gasteiger partial charge in [-0.1, -0.05) is 19.7 Å². The molecule has 7 heteroatoms. The van der Waals surface area contributed by atoms with Gasteiger partial charge in [-0.05, 0) is 0 Å². The monoisotopic (exact) mass is 326 g/mol. The van der Waals surface area contributed by atoms with Gasteiger partial charge in [-0.25, -0.2) is 14.4 Å². The number of esters is 3. The predicted molar refractivity (Wildman–Crippen MR) is 84.2 cm³/mol. The third-order valence-corrected chi connectivity index (χ3v) is 2.40. The van der Waals surface area contributed by atoms with Crippen molar-refractivity contribution in [3.63, 3.8) is 0 Å². The van der Waals surface area contributed by atoms with Gasteiger partial charge in [0.1, 0.15) is 19.8 Å². The molecule has 1 N–H and O–H groups in total. The highest BCUT2D eigenvalue weighted by molar-refractivity contribution is 5.82. The van der Waals surface area contributed by atoms with E-state index in [4.69, 9.17) is 14.2 Å². The van der Waals surface area contributed by atoms with Gasteiger partial charge < -0.3 is 19.3 Å². The van der Waals surface area contributed by atoms with Crippen molar-refractivity contribution < 1.29 is 33.7 Å². The van der Waals surface area contributed by atoms with Gasteiger partial charge in [-0.15, -0.1) is 13.2 Å². The highest BCUT2D eigenvalue weighted by atomic mass is 16.6. The number of carbonyl (C=O) groups excluding carboxylic acids is 3. The topological polar surface area (TPSA) is 99.1 Å². The summed E-state index contributed by atoms with van der Waals surface area (Å²) in [5, 5.41) is 9.48. The summed E-state index contributed by atoms with van der Waals surface area (Å²) in [5.41, 5.74) is -1.28. The molecule has 0 aromatic rings. The number of aliphatic hydroxyl groups excluding tert-OH is 1. The number of carbonyl (C=O) groups is 3. The Hall–Kier alpha value is -2.67. The maximum absolute atomic E-state index is 11.1. The average Bonchev–Trinajstić information content (AvgIpc) is 2.61. The first-order valence-electron chi connectivity index (χ1n) is 6.41. The van der Waals surface area contributed by atoms with E-state index in [0.717, 1.165) is 18.2 Å². The Labute approximate surface area is 135 Å². The fourth-order valence-corrected chi connectivity index (χ4v) is 1.11. The smallest absolute Gasteiger partial charge is 0.330 e. The van der Waals surface area contributed by atoms with E-state index in [-0.39, 0.29) is 19.8 Å². The van der Waals surface area contributed by atoms with Gasteiger partial charge in [-0.3, -0.25) is 0 Å². The minimum absolute atomic E-state index is 0.330. The quantitative estimate of drug-likeness (QED) is 0.276. The fourth-order valence-electron chi connectivity index (χ4n) is 1.11. The van der Waals surface area contributed by atoms with Crippen LogP contribution in [0.2, 0.25) is 0 Å². The summed E-state index contributed by atoms with van der Waals surface area (Å²) in [5.74, 6) is -2.17. The van der Waals surface area contributed by atoms with Crippen molar-refractivity contribution in [3.05, 3.63) is 51.1 Å². The second-order valence-corrected chi connectivity index (χ2v) is 4.09. The van der Waals surface area contributed by atoms with Crippen molar-refractivity contribution >= 4 is 17.9 Å². The van der Waals surface area contributed by atoms with E-state index < -0.39 is 29.9 Å². The van der Waals surface area contributed by atoms with Gasteiger partial charge in [0.2, 0.25) is 0 Å². The number of rotatable bonds is 10. The standard InChI is InChI=1S/C14H18O7.C2H4/c1-4-11(16)19-8-14(7-15,9-20-12(17)5-2)10-21-13(18)6-3;1-2/h4-6,15H,1-3,7-10H2;1-2H2. The molecular weight excluding hydrogens is 304 g/mol. The maximum atomic E-state index is 11.1.